The number of anilines is 1. The van der Waals surface area contributed by atoms with E-state index in [4.69, 9.17) is 10.8 Å². The van der Waals surface area contributed by atoms with Gasteiger partial charge in [-0.15, -0.1) is 0 Å². The molecule has 1 aliphatic rings. The summed E-state index contributed by atoms with van der Waals surface area (Å²) in [7, 11) is 0. The van der Waals surface area contributed by atoms with Crippen molar-refractivity contribution in [2.75, 3.05) is 24.6 Å². The number of pyridine rings is 1. The smallest absolute Gasteiger partial charge is 0.250 e. The molecule has 1 aromatic rings. The number of hydrogen-bond acceptors (Lipinski definition) is 4. The Labute approximate surface area is 107 Å². The van der Waals surface area contributed by atoms with Crippen LogP contribution in [-0.4, -0.2) is 35.7 Å². The van der Waals surface area contributed by atoms with Crippen LogP contribution in [0.1, 0.15) is 29.6 Å². The quantitative estimate of drug-likeness (QED) is 0.826. The average Bonchev–Trinajstić information content (AvgIpc) is 2.40. The number of hydrogen-bond donors (Lipinski definition) is 2. The van der Waals surface area contributed by atoms with Gasteiger partial charge in [0.2, 0.25) is 5.91 Å². The van der Waals surface area contributed by atoms with Gasteiger partial charge >= 0.3 is 0 Å². The molecule has 0 bridgehead atoms. The number of aliphatic hydroxyl groups excluding tert-OH is 1. The zero-order valence-electron chi connectivity index (χ0n) is 10.4. The summed E-state index contributed by atoms with van der Waals surface area (Å²) in [6.45, 7) is 2.18. The van der Waals surface area contributed by atoms with E-state index in [9.17, 15) is 4.79 Å². The maximum Gasteiger partial charge on any atom is 0.250 e. The lowest BCUT2D eigenvalue weighted by molar-refractivity contribution is 0.1000. The first-order chi connectivity index (χ1) is 8.70. The van der Waals surface area contributed by atoms with E-state index in [1.807, 2.05) is 6.07 Å². The Kier molecular flexibility index (Phi) is 4.15. The highest BCUT2D eigenvalue weighted by atomic mass is 16.3. The minimum absolute atomic E-state index is 0.274. The van der Waals surface area contributed by atoms with Gasteiger partial charge in [0.15, 0.2) is 0 Å². The maximum atomic E-state index is 10.9. The minimum atomic E-state index is -0.448. The van der Waals surface area contributed by atoms with Crippen LogP contribution in [0.4, 0.5) is 5.82 Å². The van der Waals surface area contributed by atoms with Gasteiger partial charge in [-0.25, -0.2) is 4.98 Å². The number of carbonyl (C=O) groups is 1. The van der Waals surface area contributed by atoms with Crippen LogP contribution in [0.2, 0.25) is 0 Å². The van der Waals surface area contributed by atoms with E-state index >= 15 is 0 Å². The molecular formula is C13H19N3O2. The predicted octanol–water partition coefficient (Wildman–Crippen LogP) is 0.779. The molecule has 5 nitrogen and oxygen atoms in total. The van der Waals surface area contributed by atoms with E-state index in [2.05, 4.69) is 9.88 Å². The van der Waals surface area contributed by atoms with Crippen LogP contribution < -0.4 is 10.6 Å². The number of rotatable bonds is 4. The van der Waals surface area contributed by atoms with Crippen molar-refractivity contribution in [3.63, 3.8) is 0 Å². The van der Waals surface area contributed by atoms with Crippen molar-refractivity contribution in [1.29, 1.82) is 0 Å². The van der Waals surface area contributed by atoms with E-state index in [0.29, 0.717) is 11.5 Å². The monoisotopic (exact) mass is 249 g/mol. The van der Waals surface area contributed by atoms with Gasteiger partial charge in [0.25, 0.3) is 0 Å². The molecule has 1 saturated heterocycles. The third-order valence-corrected chi connectivity index (χ3v) is 3.51. The minimum Gasteiger partial charge on any atom is -0.396 e. The number of primary amides is 1. The Morgan fingerprint density at radius 2 is 2.17 bits per heavy atom. The first-order valence-corrected chi connectivity index (χ1v) is 6.32. The highest BCUT2D eigenvalue weighted by Gasteiger charge is 2.19. The number of carbonyl (C=O) groups excluding carboxylic acids is 1. The zero-order valence-corrected chi connectivity index (χ0v) is 10.4. The third-order valence-electron chi connectivity index (χ3n) is 3.51. The topological polar surface area (TPSA) is 79.5 Å². The Morgan fingerprint density at radius 3 is 2.67 bits per heavy atom. The summed E-state index contributed by atoms with van der Waals surface area (Å²) in [5.74, 6) is 1.06. The van der Waals surface area contributed by atoms with Crippen LogP contribution in [0.5, 0.6) is 0 Å². The molecule has 98 valence electrons. The molecule has 2 rings (SSSR count). The summed E-state index contributed by atoms with van der Waals surface area (Å²) in [5, 5.41) is 8.91. The van der Waals surface area contributed by atoms with Crippen LogP contribution >= 0.6 is 0 Å². The second kappa shape index (κ2) is 5.82. The van der Waals surface area contributed by atoms with Crippen LogP contribution in [0.15, 0.2) is 18.3 Å². The number of aliphatic hydroxyl groups is 1. The van der Waals surface area contributed by atoms with Gasteiger partial charge in [0.05, 0.1) is 5.56 Å². The van der Waals surface area contributed by atoms with Gasteiger partial charge < -0.3 is 15.7 Å². The molecular weight excluding hydrogens is 230 g/mol. The molecule has 1 fully saturated rings. The number of aromatic nitrogens is 1. The van der Waals surface area contributed by atoms with E-state index in [-0.39, 0.29) is 6.61 Å². The average molecular weight is 249 g/mol. The predicted molar refractivity (Wildman–Crippen MR) is 69.4 cm³/mol. The summed E-state index contributed by atoms with van der Waals surface area (Å²) < 4.78 is 0. The SMILES string of the molecule is NC(=O)c1ccc(N2CCC(CCO)CC2)nc1. The summed E-state index contributed by atoms with van der Waals surface area (Å²) in [6, 6.07) is 3.55. The van der Waals surface area contributed by atoms with Crippen molar-refractivity contribution in [1.82, 2.24) is 4.98 Å². The fourth-order valence-electron chi connectivity index (χ4n) is 2.35. The number of nitrogens with two attached hydrogens (primary N) is 1. The Hall–Kier alpha value is -1.62. The lowest BCUT2D eigenvalue weighted by atomic mass is 9.94. The fraction of sp³-hybridized carbons (Fsp3) is 0.538. The molecule has 3 N–H and O–H groups in total. The first-order valence-electron chi connectivity index (χ1n) is 6.32. The van der Waals surface area contributed by atoms with Gasteiger partial charge in [-0.2, -0.15) is 0 Å². The molecule has 0 radical (unpaired) electrons. The highest BCUT2D eigenvalue weighted by Crippen LogP contribution is 2.23. The van der Waals surface area contributed by atoms with Crippen molar-refractivity contribution in [3.05, 3.63) is 23.9 Å². The van der Waals surface area contributed by atoms with Crippen LogP contribution in [0.3, 0.4) is 0 Å². The van der Waals surface area contributed by atoms with E-state index in [1.165, 1.54) is 6.20 Å². The van der Waals surface area contributed by atoms with E-state index < -0.39 is 5.91 Å². The van der Waals surface area contributed by atoms with Crippen molar-refractivity contribution in [3.8, 4) is 0 Å². The summed E-state index contributed by atoms with van der Waals surface area (Å²) in [4.78, 5) is 17.4. The number of amides is 1. The molecule has 0 saturated carbocycles. The summed E-state index contributed by atoms with van der Waals surface area (Å²) in [6.07, 6.45) is 4.58. The standard InChI is InChI=1S/C13H19N3O2/c14-13(18)11-1-2-12(15-9-11)16-6-3-10(4-7-16)5-8-17/h1-2,9-10,17H,3-8H2,(H2,14,18). The zero-order chi connectivity index (χ0) is 13.0. The summed E-state index contributed by atoms with van der Waals surface area (Å²) in [5.41, 5.74) is 5.62. The van der Waals surface area contributed by atoms with Crippen molar-refractivity contribution in [2.45, 2.75) is 19.3 Å². The molecule has 0 spiro atoms. The highest BCUT2D eigenvalue weighted by molar-refractivity contribution is 5.92. The van der Waals surface area contributed by atoms with Crippen molar-refractivity contribution in [2.24, 2.45) is 11.7 Å². The lowest BCUT2D eigenvalue weighted by Gasteiger charge is -2.32. The van der Waals surface area contributed by atoms with Gasteiger partial charge in [-0.05, 0) is 37.3 Å². The number of piperidine rings is 1. The maximum absolute atomic E-state index is 10.9. The molecule has 0 atom stereocenters. The first kappa shape index (κ1) is 12.8. The van der Waals surface area contributed by atoms with Crippen LogP contribution in [-0.2, 0) is 0 Å². The Morgan fingerprint density at radius 1 is 1.44 bits per heavy atom. The third kappa shape index (κ3) is 2.98. The Balaban J connectivity index is 1.95. The van der Waals surface area contributed by atoms with Crippen molar-refractivity contribution < 1.29 is 9.90 Å². The lowest BCUT2D eigenvalue weighted by Crippen LogP contribution is -2.34. The summed E-state index contributed by atoms with van der Waals surface area (Å²) >= 11 is 0. The van der Waals surface area contributed by atoms with Gasteiger partial charge in [0, 0.05) is 25.9 Å². The molecule has 0 unspecified atom stereocenters. The van der Waals surface area contributed by atoms with Crippen molar-refractivity contribution >= 4 is 11.7 Å². The molecule has 18 heavy (non-hydrogen) atoms. The van der Waals surface area contributed by atoms with Crippen LogP contribution in [0.25, 0.3) is 0 Å². The van der Waals surface area contributed by atoms with E-state index in [1.54, 1.807) is 6.07 Å². The van der Waals surface area contributed by atoms with Gasteiger partial charge in [-0.1, -0.05) is 0 Å². The second-order valence-electron chi connectivity index (χ2n) is 4.71. The largest absolute Gasteiger partial charge is 0.396 e. The normalized spacial score (nSPS) is 16.8. The van der Waals surface area contributed by atoms with E-state index in [0.717, 1.165) is 38.2 Å². The fourth-order valence-corrected chi connectivity index (χ4v) is 2.35. The molecule has 1 amide bonds. The molecule has 1 aliphatic heterocycles. The molecule has 5 heteroatoms. The molecule has 1 aromatic heterocycles. The molecule has 0 aliphatic carbocycles. The van der Waals surface area contributed by atoms with Gasteiger partial charge in [-0.3, -0.25) is 4.79 Å². The Bertz CT molecular complexity index is 397. The number of nitrogens with zero attached hydrogens (tertiary/aromatic N) is 2. The second-order valence-corrected chi connectivity index (χ2v) is 4.71. The van der Waals surface area contributed by atoms with Crippen LogP contribution in [0, 0.1) is 5.92 Å². The van der Waals surface area contributed by atoms with Gasteiger partial charge in [0.1, 0.15) is 5.82 Å². The molecule has 2 heterocycles. The molecule has 0 aromatic carbocycles.